The minimum absolute atomic E-state index is 0.0593. The first-order valence-electron chi connectivity index (χ1n) is 6.06. The van der Waals surface area contributed by atoms with Gasteiger partial charge in [-0.3, -0.25) is 9.99 Å². The van der Waals surface area contributed by atoms with E-state index in [9.17, 15) is 8.42 Å². The molecular formula is C13H11ClN4O2S. The molecule has 2 heterocycles. The van der Waals surface area contributed by atoms with Crippen molar-refractivity contribution in [1.29, 1.82) is 0 Å². The Balaban J connectivity index is 2.25. The first kappa shape index (κ1) is 14.0. The van der Waals surface area contributed by atoms with Crippen LogP contribution < -0.4 is 10.4 Å². The largest absolute Gasteiger partial charge is 0.286 e. The number of hydrogen-bond acceptors (Lipinski definition) is 5. The number of sulfonamides is 1. The molecule has 0 radical (unpaired) electrons. The van der Waals surface area contributed by atoms with Crippen LogP contribution in [0.25, 0.3) is 0 Å². The molecule has 6 nitrogen and oxygen atoms in total. The fraction of sp³-hybridized carbons (Fsp3) is 0.0769. The van der Waals surface area contributed by atoms with Crippen molar-refractivity contribution in [1.82, 2.24) is 10.4 Å². The topological polar surface area (TPSA) is 74.7 Å². The molecule has 1 aliphatic rings. The molecule has 108 valence electrons. The second-order valence-corrected chi connectivity index (χ2v) is 6.28. The smallest absolute Gasteiger partial charge is 0.256 e. The summed E-state index contributed by atoms with van der Waals surface area (Å²) >= 11 is 5.88. The number of aromatic nitrogens is 1. The van der Waals surface area contributed by atoms with E-state index in [1.807, 2.05) is 0 Å². The zero-order valence-corrected chi connectivity index (χ0v) is 12.6. The average Bonchev–Trinajstić information content (AvgIpc) is 2.48. The van der Waals surface area contributed by atoms with E-state index in [4.69, 9.17) is 11.6 Å². The van der Waals surface area contributed by atoms with Gasteiger partial charge in [0.15, 0.2) is 5.84 Å². The van der Waals surface area contributed by atoms with E-state index in [0.717, 1.165) is 0 Å². The van der Waals surface area contributed by atoms with Crippen molar-refractivity contribution in [2.45, 2.75) is 4.90 Å². The molecular weight excluding hydrogens is 312 g/mol. The van der Waals surface area contributed by atoms with Gasteiger partial charge in [-0.1, -0.05) is 17.7 Å². The summed E-state index contributed by atoms with van der Waals surface area (Å²) in [5, 5.41) is 1.90. The van der Waals surface area contributed by atoms with Crippen LogP contribution in [0, 0.1) is 0 Å². The van der Waals surface area contributed by atoms with E-state index >= 15 is 0 Å². The molecule has 2 aromatic rings. The van der Waals surface area contributed by atoms with Gasteiger partial charge in [-0.05, 0) is 30.3 Å². The Hall–Kier alpha value is -1.96. The summed E-state index contributed by atoms with van der Waals surface area (Å²) in [4.78, 5) is 4.21. The normalized spacial score (nSPS) is 16.3. The van der Waals surface area contributed by atoms with Crippen LogP contribution in [-0.4, -0.2) is 26.3 Å². The van der Waals surface area contributed by atoms with Gasteiger partial charge in [-0.25, -0.2) is 5.43 Å². The summed E-state index contributed by atoms with van der Waals surface area (Å²) in [5.74, 6) is 0.216. The van der Waals surface area contributed by atoms with Crippen LogP contribution in [0.3, 0.4) is 0 Å². The van der Waals surface area contributed by atoms with Crippen LogP contribution in [0.4, 0.5) is 5.69 Å². The number of rotatable bonds is 2. The number of anilines is 1. The highest BCUT2D eigenvalue weighted by Gasteiger charge is 2.31. The molecule has 0 atom stereocenters. The number of benzene rings is 1. The van der Waals surface area contributed by atoms with Crippen molar-refractivity contribution in [3.05, 3.63) is 53.3 Å². The van der Waals surface area contributed by atoms with Crippen LogP contribution in [0.1, 0.15) is 5.69 Å². The zero-order valence-electron chi connectivity index (χ0n) is 11.0. The third-order valence-electron chi connectivity index (χ3n) is 2.98. The Morgan fingerprint density at radius 2 is 2.05 bits per heavy atom. The van der Waals surface area contributed by atoms with Crippen molar-refractivity contribution >= 4 is 33.1 Å². The summed E-state index contributed by atoms with van der Waals surface area (Å²) in [6.07, 6.45) is 1.58. The van der Waals surface area contributed by atoms with Gasteiger partial charge in [0, 0.05) is 18.3 Å². The molecule has 1 aromatic heterocycles. The molecule has 1 aromatic carbocycles. The molecule has 0 amide bonds. The van der Waals surface area contributed by atoms with Crippen LogP contribution in [0.15, 0.2) is 51.9 Å². The molecule has 0 unspecified atom stereocenters. The van der Waals surface area contributed by atoms with E-state index in [1.54, 1.807) is 48.6 Å². The van der Waals surface area contributed by atoms with Gasteiger partial charge in [0.25, 0.3) is 10.0 Å². The van der Waals surface area contributed by atoms with Gasteiger partial charge in [0.1, 0.15) is 10.6 Å². The molecule has 0 saturated carbocycles. The lowest BCUT2D eigenvalue weighted by atomic mass is 10.2. The number of hydrogen-bond donors (Lipinski definition) is 1. The van der Waals surface area contributed by atoms with Crippen LogP contribution in [0.2, 0.25) is 5.02 Å². The molecule has 1 N–H and O–H groups in total. The van der Waals surface area contributed by atoms with Crippen molar-refractivity contribution in [2.24, 2.45) is 4.40 Å². The maximum absolute atomic E-state index is 12.3. The molecule has 0 spiro atoms. The third-order valence-corrected chi connectivity index (χ3v) is 4.51. The van der Waals surface area contributed by atoms with Gasteiger partial charge < -0.3 is 0 Å². The van der Waals surface area contributed by atoms with Crippen LogP contribution >= 0.6 is 11.6 Å². The zero-order chi connectivity index (χ0) is 15.0. The Labute approximate surface area is 127 Å². The number of pyridine rings is 1. The molecule has 8 heteroatoms. The van der Waals surface area contributed by atoms with E-state index in [0.29, 0.717) is 16.4 Å². The van der Waals surface area contributed by atoms with Crippen LogP contribution in [-0.2, 0) is 10.0 Å². The standard InChI is InChI=1S/C13H11ClN4O2S/c1-15-18-11-6-5-9(14)8-12(11)21(19,20)17-13(18)10-4-2-3-7-16-10/h2-8,15H,1H3. The fourth-order valence-corrected chi connectivity index (χ4v) is 3.52. The second kappa shape index (κ2) is 5.10. The Morgan fingerprint density at radius 3 is 2.71 bits per heavy atom. The highest BCUT2D eigenvalue weighted by atomic mass is 35.5. The van der Waals surface area contributed by atoms with E-state index in [2.05, 4.69) is 14.8 Å². The monoisotopic (exact) mass is 322 g/mol. The summed E-state index contributed by atoms with van der Waals surface area (Å²) in [6.45, 7) is 0. The molecule has 0 saturated heterocycles. The number of nitrogens with one attached hydrogen (secondary N) is 1. The summed E-state index contributed by atoms with van der Waals surface area (Å²) in [5.41, 5.74) is 3.83. The van der Waals surface area contributed by atoms with Crippen molar-refractivity contribution < 1.29 is 8.42 Å². The Bertz CT molecular complexity index is 821. The first-order valence-corrected chi connectivity index (χ1v) is 7.88. The van der Waals surface area contributed by atoms with E-state index < -0.39 is 10.0 Å². The maximum Gasteiger partial charge on any atom is 0.286 e. The minimum atomic E-state index is -3.82. The van der Waals surface area contributed by atoms with Gasteiger partial charge in [-0.15, -0.1) is 4.40 Å². The summed E-state index contributed by atoms with van der Waals surface area (Å²) in [6, 6.07) is 9.85. The van der Waals surface area contributed by atoms with Gasteiger partial charge in [0.05, 0.1) is 5.69 Å². The highest BCUT2D eigenvalue weighted by molar-refractivity contribution is 7.90. The SMILES string of the molecule is CNN1C(c2ccccn2)=NS(=O)(=O)c2cc(Cl)ccc21. The summed E-state index contributed by atoms with van der Waals surface area (Å²) < 4.78 is 28.5. The van der Waals surface area contributed by atoms with Gasteiger partial charge in [0.2, 0.25) is 0 Å². The molecule has 21 heavy (non-hydrogen) atoms. The molecule has 0 fully saturated rings. The summed E-state index contributed by atoms with van der Waals surface area (Å²) in [7, 11) is -2.15. The Morgan fingerprint density at radius 1 is 1.24 bits per heavy atom. The van der Waals surface area contributed by atoms with Gasteiger partial charge in [-0.2, -0.15) is 8.42 Å². The number of amidine groups is 1. The predicted molar refractivity (Wildman–Crippen MR) is 81.0 cm³/mol. The van der Waals surface area contributed by atoms with E-state index in [1.165, 1.54) is 6.07 Å². The number of nitrogens with zero attached hydrogens (tertiary/aromatic N) is 3. The van der Waals surface area contributed by atoms with Crippen molar-refractivity contribution in [2.75, 3.05) is 12.1 Å². The fourth-order valence-electron chi connectivity index (χ4n) is 2.08. The quantitative estimate of drug-likeness (QED) is 0.913. The number of hydrazine groups is 1. The minimum Gasteiger partial charge on any atom is -0.256 e. The number of fused-ring (bicyclic) bond motifs is 1. The van der Waals surface area contributed by atoms with Crippen molar-refractivity contribution in [3.8, 4) is 0 Å². The van der Waals surface area contributed by atoms with Gasteiger partial charge >= 0.3 is 0 Å². The lowest BCUT2D eigenvalue weighted by Gasteiger charge is -2.29. The van der Waals surface area contributed by atoms with Crippen LogP contribution in [0.5, 0.6) is 0 Å². The predicted octanol–water partition coefficient (Wildman–Crippen LogP) is 1.82. The molecule has 0 bridgehead atoms. The first-order chi connectivity index (χ1) is 10.0. The highest BCUT2D eigenvalue weighted by Crippen LogP contribution is 2.33. The average molecular weight is 323 g/mol. The number of halogens is 1. The molecule has 1 aliphatic heterocycles. The third kappa shape index (κ3) is 2.39. The molecule has 3 rings (SSSR count). The van der Waals surface area contributed by atoms with Crippen molar-refractivity contribution in [3.63, 3.8) is 0 Å². The lowest BCUT2D eigenvalue weighted by Crippen LogP contribution is -2.44. The second-order valence-electron chi connectivity index (χ2n) is 4.28. The van der Waals surface area contributed by atoms with E-state index in [-0.39, 0.29) is 10.7 Å². The lowest BCUT2D eigenvalue weighted by molar-refractivity contribution is 0.596. The molecule has 0 aliphatic carbocycles. The Kier molecular flexibility index (Phi) is 3.40. The maximum atomic E-state index is 12.3.